The van der Waals surface area contributed by atoms with Crippen molar-refractivity contribution in [1.29, 1.82) is 0 Å². The minimum absolute atomic E-state index is 0.0645. The molecule has 0 fully saturated rings. The van der Waals surface area contributed by atoms with Gasteiger partial charge in [0.1, 0.15) is 11.5 Å². The predicted octanol–water partition coefficient (Wildman–Crippen LogP) is 2.57. The third-order valence-electron chi connectivity index (χ3n) is 3.27. The molecule has 3 N–H and O–H groups in total. The Morgan fingerprint density at radius 3 is 2.68 bits per heavy atom. The van der Waals surface area contributed by atoms with Crippen LogP contribution in [0.5, 0.6) is 11.5 Å². The first-order chi connectivity index (χ1) is 10.7. The summed E-state index contributed by atoms with van der Waals surface area (Å²) in [5.41, 5.74) is 1.99. The summed E-state index contributed by atoms with van der Waals surface area (Å²) in [6, 6.07) is 16.2. The Labute approximate surface area is 127 Å². The second-order valence-electron chi connectivity index (χ2n) is 4.94. The van der Waals surface area contributed by atoms with E-state index in [0.29, 0.717) is 12.3 Å². The van der Waals surface area contributed by atoms with Crippen molar-refractivity contribution in [3.63, 3.8) is 0 Å². The molecular weight excluding hydrogens is 280 g/mol. The fraction of sp³-hybridized carbons (Fsp3) is 0.118. The lowest BCUT2D eigenvalue weighted by Gasteiger charge is -2.06. The molecule has 3 aromatic rings. The number of H-pyrrole nitrogens is 1. The second kappa shape index (κ2) is 6.22. The fourth-order valence-electron chi connectivity index (χ4n) is 2.16. The second-order valence-corrected chi connectivity index (χ2v) is 4.94. The topological polar surface area (TPSA) is 74.3 Å². The summed E-state index contributed by atoms with van der Waals surface area (Å²) in [4.78, 5) is 15.0. The van der Waals surface area contributed by atoms with Crippen LogP contribution in [0.4, 0.5) is 0 Å². The molecule has 112 valence electrons. The minimum atomic E-state index is -0.202. The van der Waals surface area contributed by atoms with Gasteiger partial charge in [0.15, 0.2) is 6.61 Å². The quantitative estimate of drug-likeness (QED) is 0.677. The third-order valence-corrected chi connectivity index (χ3v) is 3.27. The Morgan fingerprint density at radius 1 is 1.14 bits per heavy atom. The molecule has 0 aliphatic rings. The van der Waals surface area contributed by atoms with Crippen molar-refractivity contribution in [3.8, 4) is 11.5 Å². The average molecular weight is 296 g/mol. The Hall–Kier alpha value is -2.95. The van der Waals surface area contributed by atoms with Gasteiger partial charge in [0.25, 0.3) is 5.91 Å². The summed E-state index contributed by atoms with van der Waals surface area (Å²) in [5.74, 6) is 0.501. The maximum Gasteiger partial charge on any atom is 0.258 e. The fourth-order valence-corrected chi connectivity index (χ4v) is 2.16. The maximum absolute atomic E-state index is 11.8. The van der Waals surface area contributed by atoms with Crippen molar-refractivity contribution in [3.05, 3.63) is 60.3 Å². The van der Waals surface area contributed by atoms with E-state index in [1.165, 1.54) is 12.1 Å². The summed E-state index contributed by atoms with van der Waals surface area (Å²) in [7, 11) is 0. The lowest BCUT2D eigenvalue weighted by molar-refractivity contribution is -0.123. The molecule has 0 aliphatic carbocycles. The summed E-state index contributed by atoms with van der Waals surface area (Å²) < 4.78 is 5.34. The molecule has 5 heteroatoms. The number of benzene rings is 2. The molecule has 3 rings (SSSR count). The van der Waals surface area contributed by atoms with Crippen LogP contribution < -0.4 is 10.1 Å². The van der Waals surface area contributed by atoms with Gasteiger partial charge in [0.05, 0.1) is 6.54 Å². The third kappa shape index (κ3) is 3.38. The minimum Gasteiger partial charge on any atom is -0.508 e. The van der Waals surface area contributed by atoms with Crippen molar-refractivity contribution >= 4 is 16.8 Å². The highest BCUT2D eigenvalue weighted by Gasteiger charge is 2.05. The average Bonchev–Trinajstić information content (AvgIpc) is 2.95. The number of phenols is 1. The number of rotatable bonds is 5. The number of carbonyl (C=O) groups excluding carboxylic acids is 1. The lowest BCUT2D eigenvalue weighted by atomic mass is 10.2. The molecule has 1 aromatic heterocycles. The van der Waals surface area contributed by atoms with Gasteiger partial charge in [-0.25, -0.2) is 0 Å². The number of aromatic amines is 1. The first-order valence-electron chi connectivity index (χ1n) is 6.96. The first-order valence-corrected chi connectivity index (χ1v) is 6.96. The predicted molar refractivity (Wildman–Crippen MR) is 83.7 cm³/mol. The smallest absolute Gasteiger partial charge is 0.258 e. The van der Waals surface area contributed by atoms with E-state index >= 15 is 0 Å². The molecule has 22 heavy (non-hydrogen) atoms. The maximum atomic E-state index is 11.8. The number of para-hydroxylation sites is 1. The number of carbonyl (C=O) groups is 1. The van der Waals surface area contributed by atoms with Gasteiger partial charge in [-0.3, -0.25) is 4.79 Å². The number of amides is 1. The van der Waals surface area contributed by atoms with Crippen LogP contribution in [-0.2, 0) is 11.3 Å². The number of aromatic nitrogens is 1. The number of ether oxygens (including phenoxy) is 1. The molecule has 0 saturated heterocycles. The van der Waals surface area contributed by atoms with Gasteiger partial charge in [-0.15, -0.1) is 0 Å². The molecule has 0 spiro atoms. The van der Waals surface area contributed by atoms with Crippen molar-refractivity contribution in [2.45, 2.75) is 6.54 Å². The van der Waals surface area contributed by atoms with Gasteiger partial charge >= 0.3 is 0 Å². The highest BCUT2D eigenvalue weighted by molar-refractivity contribution is 5.81. The Balaban J connectivity index is 1.50. The molecule has 0 aliphatic heterocycles. The number of phenolic OH excluding ortho intramolecular Hbond substituents is 1. The lowest BCUT2D eigenvalue weighted by Crippen LogP contribution is -2.28. The first kappa shape index (κ1) is 14.0. The van der Waals surface area contributed by atoms with Gasteiger partial charge in [0, 0.05) is 11.2 Å². The molecule has 2 aromatic carbocycles. The van der Waals surface area contributed by atoms with Crippen LogP contribution in [0.25, 0.3) is 10.9 Å². The standard InChI is InChI=1S/C17H16N2O3/c20-14-5-7-15(8-6-14)22-11-17(21)18-10-13-9-12-3-1-2-4-16(12)19-13/h1-9,19-20H,10-11H2,(H,18,21). The SMILES string of the molecule is O=C(COc1ccc(O)cc1)NCc1cc2ccccc2[nH]1. The van der Waals surface area contributed by atoms with E-state index in [-0.39, 0.29) is 18.3 Å². The Morgan fingerprint density at radius 2 is 1.91 bits per heavy atom. The Bertz CT molecular complexity index is 745. The van der Waals surface area contributed by atoms with E-state index in [1.807, 2.05) is 30.3 Å². The van der Waals surface area contributed by atoms with Crippen molar-refractivity contribution in [2.75, 3.05) is 6.61 Å². The van der Waals surface area contributed by atoms with E-state index in [9.17, 15) is 4.79 Å². The Kier molecular flexibility index (Phi) is 3.96. The number of fused-ring (bicyclic) bond motifs is 1. The molecular formula is C17H16N2O3. The summed E-state index contributed by atoms with van der Waals surface area (Å²) in [5, 5.41) is 13.1. The van der Waals surface area contributed by atoms with Gasteiger partial charge in [-0.1, -0.05) is 18.2 Å². The van der Waals surface area contributed by atoms with Crippen LogP contribution in [0.2, 0.25) is 0 Å². The van der Waals surface area contributed by atoms with Crippen molar-refractivity contribution in [2.24, 2.45) is 0 Å². The zero-order valence-electron chi connectivity index (χ0n) is 11.9. The number of hydrogen-bond acceptors (Lipinski definition) is 3. The van der Waals surface area contributed by atoms with Crippen LogP contribution in [0.3, 0.4) is 0 Å². The van der Waals surface area contributed by atoms with E-state index in [1.54, 1.807) is 12.1 Å². The van der Waals surface area contributed by atoms with Crippen LogP contribution in [0, 0.1) is 0 Å². The molecule has 0 radical (unpaired) electrons. The number of nitrogens with one attached hydrogen (secondary N) is 2. The highest BCUT2D eigenvalue weighted by Crippen LogP contribution is 2.16. The number of aromatic hydroxyl groups is 1. The zero-order valence-corrected chi connectivity index (χ0v) is 11.9. The van der Waals surface area contributed by atoms with Gasteiger partial charge < -0.3 is 20.1 Å². The molecule has 0 saturated carbocycles. The van der Waals surface area contributed by atoms with E-state index in [4.69, 9.17) is 9.84 Å². The van der Waals surface area contributed by atoms with E-state index in [0.717, 1.165) is 16.6 Å². The monoisotopic (exact) mass is 296 g/mol. The summed E-state index contributed by atoms with van der Waals surface area (Å²) in [6.45, 7) is 0.359. The van der Waals surface area contributed by atoms with E-state index < -0.39 is 0 Å². The molecule has 5 nitrogen and oxygen atoms in total. The van der Waals surface area contributed by atoms with Gasteiger partial charge in [0.2, 0.25) is 0 Å². The van der Waals surface area contributed by atoms with Crippen LogP contribution in [0.1, 0.15) is 5.69 Å². The largest absolute Gasteiger partial charge is 0.508 e. The van der Waals surface area contributed by atoms with Gasteiger partial charge in [-0.2, -0.15) is 0 Å². The summed E-state index contributed by atoms with van der Waals surface area (Å²) >= 11 is 0. The molecule has 0 unspecified atom stereocenters. The van der Waals surface area contributed by atoms with Crippen molar-refractivity contribution < 1.29 is 14.6 Å². The molecule has 0 atom stereocenters. The van der Waals surface area contributed by atoms with Crippen molar-refractivity contribution in [1.82, 2.24) is 10.3 Å². The molecule has 1 heterocycles. The van der Waals surface area contributed by atoms with Gasteiger partial charge in [-0.05, 0) is 41.8 Å². The van der Waals surface area contributed by atoms with Crippen LogP contribution >= 0.6 is 0 Å². The summed E-state index contributed by atoms with van der Waals surface area (Å²) in [6.07, 6.45) is 0. The van der Waals surface area contributed by atoms with Crippen LogP contribution in [0.15, 0.2) is 54.6 Å². The van der Waals surface area contributed by atoms with E-state index in [2.05, 4.69) is 10.3 Å². The normalized spacial score (nSPS) is 10.5. The number of hydrogen-bond donors (Lipinski definition) is 3. The zero-order chi connectivity index (χ0) is 15.4. The highest BCUT2D eigenvalue weighted by atomic mass is 16.5. The molecule has 0 bridgehead atoms. The molecule has 1 amide bonds. The van der Waals surface area contributed by atoms with Crippen LogP contribution in [-0.4, -0.2) is 22.6 Å².